The van der Waals surface area contributed by atoms with Crippen molar-refractivity contribution in [2.24, 2.45) is 4.99 Å². The van der Waals surface area contributed by atoms with Gasteiger partial charge in [-0.25, -0.2) is 9.37 Å². The Morgan fingerprint density at radius 1 is 1.36 bits per heavy atom. The molecule has 0 aliphatic rings. The standard InChI is InChI=1S/C17H23FN4OS.HI/c1-12-22-15(11-24-12)6-7-20-17(19-2)21-9-13-4-5-16(18)14(8-13)10-23-3;/h4-5,8,11H,6-7,9-10H2,1-3H3,(H2,19,20,21);1H. The molecule has 1 aromatic heterocycles. The van der Waals surface area contributed by atoms with Crippen LogP contribution in [0.2, 0.25) is 0 Å². The van der Waals surface area contributed by atoms with E-state index in [0.29, 0.717) is 18.1 Å². The van der Waals surface area contributed by atoms with Crippen molar-refractivity contribution in [2.45, 2.75) is 26.5 Å². The van der Waals surface area contributed by atoms with Crippen LogP contribution < -0.4 is 10.6 Å². The van der Waals surface area contributed by atoms with Crippen molar-refractivity contribution in [3.05, 3.63) is 51.2 Å². The fourth-order valence-corrected chi connectivity index (χ4v) is 2.89. The van der Waals surface area contributed by atoms with Gasteiger partial charge in [-0.2, -0.15) is 0 Å². The topological polar surface area (TPSA) is 58.5 Å². The monoisotopic (exact) mass is 478 g/mol. The van der Waals surface area contributed by atoms with Crippen molar-refractivity contribution in [3.8, 4) is 0 Å². The predicted octanol–water partition coefficient (Wildman–Crippen LogP) is 3.26. The second-order valence-corrected chi connectivity index (χ2v) is 6.38. The summed E-state index contributed by atoms with van der Waals surface area (Å²) in [6.45, 7) is 3.58. The Labute approximate surface area is 169 Å². The Hall–Kier alpha value is -1.26. The minimum Gasteiger partial charge on any atom is -0.380 e. The second kappa shape index (κ2) is 11.4. The number of nitrogens with zero attached hydrogens (tertiary/aromatic N) is 2. The van der Waals surface area contributed by atoms with Gasteiger partial charge in [-0.05, 0) is 24.6 Å². The highest BCUT2D eigenvalue weighted by atomic mass is 127. The maximum Gasteiger partial charge on any atom is 0.191 e. The van der Waals surface area contributed by atoms with Gasteiger partial charge in [0, 0.05) is 44.6 Å². The number of hydrogen-bond acceptors (Lipinski definition) is 4. The van der Waals surface area contributed by atoms with Gasteiger partial charge in [0.15, 0.2) is 5.96 Å². The molecule has 0 aliphatic heterocycles. The average Bonchev–Trinajstić information content (AvgIpc) is 2.99. The normalized spacial score (nSPS) is 11.1. The summed E-state index contributed by atoms with van der Waals surface area (Å²) in [5.74, 6) is 0.459. The number of aromatic nitrogens is 1. The van der Waals surface area contributed by atoms with Crippen LogP contribution in [0, 0.1) is 12.7 Å². The van der Waals surface area contributed by atoms with Gasteiger partial charge < -0.3 is 15.4 Å². The number of ether oxygens (including phenoxy) is 1. The molecule has 2 N–H and O–H groups in total. The first-order valence-corrected chi connectivity index (χ1v) is 8.62. The fourth-order valence-electron chi connectivity index (χ4n) is 2.24. The number of hydrogen-bond donors (Lipinski definition) is 2. The van der Waals surface area contributed by atoms with E-state index in [4.69, 9.17) is 4.74 Å². The molecule has 1 aromatic carbocycles. The summed E-state index contributed by atoms with van der Waals surface area (Å²) < 4.78 is 18.6. The summed E-state index contributed by atoms with van der Waals surface area (Å²) in [5.41, 5.74) is 2.61. The van der Waals surface area contributed by atoms with E-state index in [2.05, 4.69) is 26.0 Å². The molecule has 0 saturated heterocycles. The Morgan fingerprint density at radius 3 is 2.80 bits per heavy atom. The average molecular weight is 478 g/mol. The van der Waals surface area contributed by atoms with E-state index < -0.39 is 0 Å². The molecule has 1 heterocycles. The van der Waals surface area contributed by atoms with E-state index >= 15 is 0 Å². The molecule has 0 spiro atoms. The molecule has 5 nitrogen and oxygen atoms in total. The third kappa shape index (κ3) is 7.25. The number of guanidine groups is 1. The molecule has 0 fully saturated rings. The molecule has 8 heteroatoms. The van der Waals surface area contributed by atoms with E-state index in [1.165, 1.54) is 6.07 Å². The van der Waals surface area contributed by atoms with Crippen LogP contribution >= 0.6 is 35.3 Å². The summed E-state index contributed by atoms with van der Waals surface area (Å²) in [4.78, 5) is 8.63. The third-order valence-electron chi connectivity index (χ3n) is 3.43. The van der Waals surface area contributed by atoms with Gasteiger partial charge in [-0.15, -0.1) is 35.3 Å². The smallest absolute Gasteiger partial charge is 0.191 e. The summed E-state index contributed by atoms with van der Waals surface area (Å²) in [6.07, 6.45) is 0.847. The van der Waals surface area contributed by atoms with E-state index in [0.717, 1.165) is 29.2 Å². The lowest BCUT2D eigenvalue weighted by molar-refractivity contribution is 0.181. The lowest BCUT2D eigenvalue weighted by atomic mass is 10.1. The molecule has 25 heavy (non-hydrogen) atoms. The van der Waals surface area contributed by atoms with Gasteiger partial charge >= 0.3 is 0 Å². The predicted molar refractivity (Wildman–Crippen MR) is 111 cm³/mol. The van der Waals surface area contributed by atoms with Gasteiger partial charge in [-0.3, -0.25) is 4.99 Å². The van der Waals surface area contributed by atoms with Crippen LogP contribution in [-0.4, -0.2) is 31.6 Å². The highest BCUT2D eigenvalue weighted by molar-refractivity contribution is 14.0. The minimum absolute atomic E-state index is 0. The molecule has 0 bridgehead atoms. The zero-order valence-corrected chi connectivity index (χ0v) is 17.8. The zero-order chi connectivity index (χ0) is 17.4. The molecule has 0 aliphatic carbocycles. The quantitative estimate of drug-likeness (QED) is 0.365. The van der Waals surface area contributed by atoms with Gasteiger partial charge in [0.25, 0.3) is 0 Å². The van der Waals surface area contributed by atoms with Crippen LogP contribution in [0.15, 0.2) is 28.6 Å². The lowest BCUT2D eigenvalue weighted by Gasteiger charge is -2.12. The van der Waals surface area contributed by atoms with Crippen molar-refractivity contribution >= 4 is 41.3 Å². The lowest BCUT2D eigenvalue weighted by Crippen LogP contribution is -2.37. The van der Waals surface area contributed by atoms with Crippen LogP contribution in [-0.2, 0) is 24.3 Å². The van der Waals surface area contributed by atoms with Crippen LogP contribution in [0.5, 0.6) is 0 Å². The minimum atomic E-state index is -0.248. The van der Waals surface area contributed by atoms with Gasteiger partial charge in [0.1, 0.15) is 5.82 Å². The zero-order valence-electron chi connectivity index (χ0n) is 14.6. The molecule has 0 radical (unpaired) electrons. The van der Waals surface area contributed by atoms with Gasteiger partial charge in [-0.1, -0.05) is 6.07 Å². The molecular formula is C17H24FIN4OS. The number of aliphatic imine (C=N–C) groups is 1. The Balaban J connectivity index is 0.00000312. The molecule has 0 saturated carbocycles. The van der Waals surface area contributed by atoms with Crippen molar-refractivity contribution < 1.29 is 9.13 Å². The summed E-state index contributed by atoms with van der Waals surface area (Å²) in [7, 11) is 3.28. The number of rotatable bonds is 7. The Morgan fingerprint density at radius 2 is 2.16 bits per heavy atom. The SMILES string of the molecule is CN=C(NCCc1csc(C)n1)NCc1ccc(F)c(COC)c1.I. The van der Waals surface area contributed by atoms with Crippen molar-refractivity contribution in [1.29, 1.82) is 0 Å². The molecule has 0 atom stereocenters. The number of thiazole rings is 1. The number of aryl methyl sites for hydroxylation is 1. The van der Waals surface area contributed by atoms with E-state index in [-0.39, 0.29) is 36.4 Å². The summed E-state index contributed by atoms with van der Waals surface area (Å²) >= 11 is 1.66. The van der Waals surface area contributed by atoms with Crippen molar-refractivity contribution in [1.82, 2.24) is 15.6 Å². The van der Waals surface area contributed by atoms with Gasteiger partial charge in [0.05, 0.1) is 17.3 Å². The van der Waals surface area contributed by atoms with E-state index in [1.807, 2.05) is 6.92 Å². The van der Waals surface area contributed by atoms with Gasteiger partial charge in [0.2, 0.25) is 0 Å². The first kappa shape index (κ1) is 21.8. The second-order valence-electron chi connectivity index (χ2n) is 5.32. The van der Waals surface area contributed by atoms with Crippen LogP contribution in [0.1, 0.15) is 21.8 Å². The summed E-state index contributed by atoms with van der Waals surface area (Å²) in [5, 5.41) is 9.63. The number of benzene rings is 1. The number of halogens is 2. The fraction of sp³-hybridized carbons (Fsp3) is 0.412. The maximum absolute atomic E-state index is 13.6. The number of methoxy groups -OCH3 is 1. The van der Waals surface area contributed by atoms with Crippen LogP contribution in [0.3, 0.4) is 0 Å². The molecular weight excluding hydrogens is 454 g/mol. The Kier molecular flexibility index (Phi) is 9.91. The first-order chi connectivity index (χ1) is 11.6. The highest BCUT2D eigenvalue weighted by Gasteiger charge is 2.05. The molecule has 138 valence electrons. The molecule has 2 rings (SSSR count). The third-order valence-corrected chi connectivity index (χ3v) is 4.26. The highest BCUT2D eigenvalue weighted by Crippen LogP contribution is 2.11. The largest absolute Gasteiger partial charge is 0.380 e. The first-order valence-electron chi connectivity index (χ1n) is 7.74. The van der Waals surface area contributed by atoms with Crippen LogP contribution in [0.25, 0.3) is 0 Å². The van der Waals surface area contributed by atoms with Crippen molar-refractivity contribution in [3.63, 3.8) is 0 Å². The van der Waals surface area contributed by atoms with Crippen LogP contribution in [0.4, 0.5) is 4.39 Å². The van der Waals surface area contributed by atoms with Crippen molar-refractivity contribution in [2.75, 3.05) is 20.7 Å². The van der Waals surface area contributed by atoms with E-state index in [1.54, 1.807) is 37.6 Å². The maximum atomic E-state index is 13.6. The molecule has 2 aromatic rings. The number of nitrogens with one attached hydrogen (secondary N) is 2. The molecule has 0 unspecified atom stereocenters. The summed E-state index contributed by atoms with van der Waals surface area (Å²) in [6, 6.07) is 5.02. The van der Waals surface area contributed by atoms with E-state index in [9.17, 15) is 4.39 Å². The molecule has 0 amide bonds. The Bertz CT molecular complexity index is 693.